The molecule has 3 rings (SSSR count). The minimum absolute atomic E-state index is 0.0145. The van der Waals surface area contributed by atoms with Gasteiger partial charge in [0.25, 0.3) is 0 Å². The molecule has 0 saturated carbocycles. The fraction of sp³-hybridized carbons (Fsp3) is 0.500. The Labute approximate surface area is 142 Å². The maximum atomic E-state index is 12.6. The third-order valence-electron chi connectivity index (χ3n) is 4.36. The molecule has 130 valence electrons. The van der Waals surface area contributed by atoms with E-state index in [-0.39, 0.29) is 6.04 Å². The quantitative estimate of drug-likeness (QED) is 0.817. The highest BCUT2D eigenvalue weighted by molar-refractivity contribution is 7.89. The molecule has 1 fully saturated rings. The number of aryl methyl sites for hydroxylation is 1. The summed E-state index contributed by atoms with van der Waals surface area (Å²) >= 11 is 0. The molecule has 2 heterocycles. The minimum Gasteiger partial charge on any atom is -0.338 e. The highest BCUT2D eigenvalue weighted by Gasteiger charge is 2.31. The van der Waals surface area contributed by atoms with Crippen LogP contribution < -0.4 is 0 Å². The van der Waals surface area contributed by atoms with Crippen molar-refractivity contribution in [3.05, 3.63) is 42.0 Å². The molecule has 0 spiro atoms. The second-order valence-electron chi connectivity index (χ2n) is 5.83. The summed E-state index contributed by atoms with van der Waals surface area (Å²) in [5.41, 5.74) is 0. The van der Waals surface area contributed by atoms with Gasteiger partial charge in [-0.3, -0.25) is 4.90 Å². The predicted octanol–water partition coefficient (Wildman–Crippen LogP) is 1.70. The van der Waals surface area contributed by atoms with Crippen molar-refractivity contribution in [1.29, 1.82) is 0 Å². The summed E-state index contributed by atoms with van der Waals surface area (Å²) < 4.78 is 32.1. The standard InChI is InChI=1S/C16H22N4O3S/c1-3-15-17-16(23-18-15)13(2)19-9-11-20(12-10-19)24(21,22)14-7-5-4-6-8-14/h4-8,13H,3,9-12H2,1-2H3/t13-/m1/s1. The largest absolute Gasteiger partial charge is 0.338 e. The summed E-state index contributed by atoms with van der Waals surface area (Å²) in [7, 11) is -3.42. The van der Waals surface area contributed by atoms with Crippen molar-refractivity contribution in [2.75, 3.05) is 26.2 Å². The molecule has 8 heteroatoms. The molecule has 0 aliphatic carbocycles. The van der Waals surface area contributed by atoms with Gasteiger partial charge in [-0.15, -0.1) is 0 Å². The molecule has 0 radical (unpaired) electrons. The fourth-order valence-electron chi connectivity index (χ4n) is 2.81. The van der Waals surface area contributed by atoms with E-state index in [0.29, 0.717) is 42.8 Å². The second kappa shape index (κ2) is 7.00. The van der Waals surface area contributed by atoms with Crippen LogP contribution in [0.4, 0.5) is 0 Å². The third-order valence-corrected chi connectivity index (χ3v) is 6.27. The smallest absolute Gasteiger partial charge is 0.243 e. The zero-order chi connectivity index (χ0) is 17.2. The summed E-state index contributed by atoms with van der Waals surface area (Å²) in [6.45, 7) is 6.17. The lowest BCUT2D eigenvalue weighted by molar-refractivity contribution is 0.124. The average Bonchev–Trinajstić information content (AvgIpc) is 3.11. The zero-order valence-corrected chi connectivity index (χ0v) is 14.7. The van der Waals surface area contributed by atoms with Gasteiger partial charge in [-0.1, -0.05) is 30.3 Å². The molecule has 0 N–H and O–H groups in total. The van der Waals surface area contributed by atoms with Crippen molar-refractivity contribution >= 4 is 10.0 Å². The summed E-state index contributed by atoms with van der Waals surface area (Å²) in [6, 6.07) is 8.55. The van der Waals surface area contributed by atoms with Crippen LogP contribution >= 0.6 is 0 Å². The lowest BCUT2D eigenvalue weighted by Crippen LogP contribution is -2.49. The first kappa shape index (κ1) is 17.1. The van der Waals surface area contributed by atoms with Gasteiger partial charge in [-0.25, -0.2) is 8.42 Å². The predicted molar refractivity (Wildman–Crippen MR) is 88.9 cm³/mol. The van der Waals surface area contributed by atoms with Gasteiger partial charge >= 0.3 is 0 Å². The van der Waals surface area contributed by atoms with Crippen LogP contribution in [-0.4, -0.2) is 53.9 Å². The first-order chi connectivity index (χ1) is 11.5. The molecule has 0 unspecified atom stereocenters. The Balaban J connectivity index is 1.65. The van der Waals surface area contributed by atoms with Crippen LogP contribution in [0, 0.1) is 0 Å². The van der Waals surface area contributed by atoms with Gasteiger partial charge in [0.1, 0.15) is 0 Å². The van der Waals surface area contributed by atoms with E-state index < -0.39 is 10.0 Å². The first-order valence-electron chi connectivity index (χ1n) is 8.14. The minimum atomic E-state index is -3.42. The van der Waals surface area contributed by atoms with Crippen LogP contribution in [0.1, 0.15) is 31.6 Å². The number of aromatic nitrogens is 2. The Bertz CT molecular complexity index is 768. The molecule has 1 aromatic heterocycles. The highest BCUT2D eigenvalue weighted by Crippen LogP contribution is 2.23. The zero-order valence-electron chi connectivity index (χ0n) is 13.9. The number of sulfonamides is 1. The maximum Gasteiger partial charge on any atom is 0.243 e. The Kier molecular flexibility index (Phi) is 4.98. The van der Waals surface area contributed by atoms with Crippen LogP contribution in [0.25, 0.3) is 0 Å². The van der Waals surface area contributed by atoms with Gasteiger partial charge in [0.15, 0.2) is 5.82 Å². The SMILES string of the molecule is CCc1noc([C@@H](C)N2CCN(S(=O)(=O)c3ccccc3)CC2)n1. The summed E-state index contributed by atoms with van der Waals surface area (Å²) in [6.07, 6.45) is 0.735. The van der Waals surface area contributed by atoms with Crippen LogP contribution in [0.3, 0.4) is 0 Å². The molecule has 2 aromatic rings. The Morgan fingerprint density at radius 3 is 2.42 bits per heavy atom. The van der Waals surface area contributed by atoms with Crippen LogP contribution in [0.15, 0.2) is 39.8 Å². The van der Waals surface area contributed by atoms with Crippen molar-refractivity contribution in [1.82, 2.24) is 19.3 Å². The van der Waals surface area contributed by atoms with E-state index in [1.807, 2.05) is 19.9 Å². The molecule has 24 heavy (non-hydrogen) atoms. The van der Waals surface area contributed by atoms with Crippen molar-refractivity contribution in [2.45, 2.75) is 31.2 Å². The summed E-state index contributed by atoms with van der Waals surface area (Å²) in [4.78, 5) is 6.88. The molecule has 7 nitrogen and oxygen atoms in total. The average molecular weight is 350 g/mol. The number of benzene rings is 1. The number of hydrogen-bond donors (Lipinski definition) is 0. The molecule has 1 atom stereocenters. The molecule has 1 saturated heterocycles. The van der Waals surface area contributed by atoms with Crippen LogP contribution in [0.5, 0.6) is 0 Å². The molecule has 1 aliphatic heterocycles. The first-order valence-corrected chi connectivity index (χ1v) is 9.58. The molecular formula is C16H22N4O3S. The number of rotatable bonds is 5. The van der Waals surface area contributed by atoms with E-state index >= 15 is 0 Å². The Morgan fingerprint density at radius 2 is 1.83 bits per heavy atom. The van der Waals surface area contributed by atoms with E-state index in [1.165, 1.54) is 4.31 Å². The van der Waals surface area contributed by atoms with Gasteiger partial charge < -0.3 is 4.52 Å². The van der Waals surface area contributed by atoms with Crippen molar-refractivity contribution in [3.8, 4) is 0 Å². The molecule has 1 aromatic carbocycles. The topological polar surface area (TPSA) is 79.5 Å². The highest BCUT2D eigenvalue weighted by atomic mass is 32.2. The lowest BCUT2D eigenvalue weighted by Gasteiger charge is -2.36. The second-order valence-corrected chi connectivity index (χ2v) is 7.77. The van der Waals surface area contributed by atoms with Gasteiger partial charge in [0, 0.05) is 32.6 Å². The van der Waals surface area contributed by atoms with E-state index in [0.717, 1.165) is 6.42 Å². The molecule has 1 aliphatic rings. The third kappa shape index (κ3) is 3.35. The van der Waals surface area contributed by atoms with Crippen LogP contribution in [-0.2, 0) is 16.4 Å². The Hall–Kier alpha value is -1.77. The lowest BCUT2D eigenvalue weighted by atomic mass is 10.2. The van der Waals surface area contributed by atoms with E-state index in [1.54, 1.807) is 24.3 Å². The monoisotopic (exact) mass is 350 g/mol. The fourth-order valence-corrected chi connectivity index (χ4v) is 4.25. The molecular weight excluding hydrogens is 328 g/mol. The van der Waals surface area contributed by atoms with Gasteiger partial charge in [-0.05, 0) is 19.1 Å². The van der Waals surface area contributed by atoms with E-state index in [9.17, 15) is 8.42 Å². The van der Waals surface area contributed by atoms with E-state index in [2.05, 4.69) is 15.0 Å². The van der Waals surface area contributed by atoms with E-state index in [4.69, 9.17) is 4.52 Å². The maximum absolute atomic E-state index is 12.6. The number of piperazine rings is 1. The summed E-state index contributed by atoms with van der Waals surface area (Å²) in [5, 5.41) is 3.93. The van der Waals surface area contributed by atoms with Gasteiger partial charge in [-0.2, -0.15) is 9.29 Å². The normalized spacial score (nSPS) is 18.6. The molecule has 0 bridgehead atoms. The van der Waals surface area contributed by atoms with Crippen molar-refractivity contribution in [2.24, 2.45) is 0 Å². The van der Waals surface area contributed by atoms with Crippen molar-refractivity contribution in [3.63, 3.8) is 0 Å². The number of nitrogens with zero attached hydrogens (tertiary/aromatic N) is 4. The van der Waals surface area contributed by atoms with Crippen molar-refractivity contribution < 1.29 is 12.9 Å². The van der Waals surface area contributed by atoms with Crippen LogP contribution in [0.2, 0.25) is 0 Å². The van der Waals surface area contributed by atoms with Gasteiger partial charge in [0.2, 0.25) is 15.9 Å². The molecule has 0 amide bonds. The summed E-state index contributed by atoms with van der Waals surface area (Å²) in [5.74, 6) is 1.29. The number of hydrogen-bond acceptors (Lipinski definition) is 6. The Morgan fingerprint density at radius 1 is 1.17 bits per heavy atom. The van der Waals surface area contributed by atoms with Gasteiger partial charge in [0.05, 0.1) is 10.9 Å².